The third kappa shape index (κ3) is 3.76. The minimum atomic E-state index is -0.0708. The summed E-state index contributed by atoms with van der Waals surface area (Å²) in [7, 11) is 0. The van der Waals surface area contributed by atoms with Gasteiger partial charge in [-0.1, -0.05) is 44.9 Å². The molecule has 0 aromatic rings. The normalized spacial score (nSPS) is 29.9. The van der Waals surface area contributed by atoms with Crippen molar-refractivity contribution in [1.29, 1.82) is 0 Å². The smallest absolute Gasteiger partial charge is 0.0669 e. The number of β-amino-alcohol motifs (C(OH)–C–C–N with tert-alkyl or cyclic N) is 1. The summed E-state index contributed by atoms with van der Waals surface area (Å²) in [5.74, 6) is 0.819. The van der Waals surface area contributed by atoms with Crippen molar-refractivity contribution in [2.24, 2.45) is 11.3 Å². The minimum absolute atomic E-state index is 0.0708. The van der Waals surface area contributed by atoms with Crippen molar-refractivity contribution >= 4 is 0 Å². The zero-order valence-electron chi connectivity index (χ0n) is 13.2. The minimum Gasteiger partial charge on any atom is -0.392 e. The first-order chi connectivity index (χ1) is 9.76. The summed E-state index contributed by atoms with van der Waals surface area (Å²) in [6.45, 7) is 3.41. The van der Waals surface area contributed by atoms with Crippen LogP contribution in [-0.2, 0) is 0 Å². The third-order valence-electron chi connectivity index (χ3n) is 6.38. The lowest BCUT2D eigenvalue weighted by Gasteiger charge is -2.44. The Labute approximate surface area is 124 Å². The molecule has 0 aromatic carbocycles. The average molecular weight is 279 g/mol. The van der Waals surface area contributed by atoms with Gasteiger partial charge in [0.05, 0.1) is 6.10 Å². The van der Waals surface area contributed by atoms with E-state index in [1.807, 2.05) is 0 Å². The Morgan fingerprint density at radius 3 is 2.20 bits per heavy atom. The van der Waals surface area contributed by atoms with Gasteiger partial charge < -0.3 is 10.0 Å². The molecule has 20 heavy (non-hydrogen) atoms. The average Bonchev–Trinajstić information content (AvgIpc) is 2.95. The highest BCUT2D eigenvalue weighted by molar-refractivity contribution is 4.88. The van der Waals surface area contributed by atoms with Crippen LogP contribution in [0.25, 0.3) is 0 Å². The standard InChI is InChI=1S/C18H33NO/c20-17(14-16-6-2-3-7-16)15-19-12-10-18(11-13-19)8-4-1-5-9-18/h16-17,20H,1-15H2. The maximum absolute atomic E-state index is 10.3. The number of piperidine rings is 1. The van der Waals surface area contributed by atoms with Gasteiger partial charge in [-0.15, -0.1) is 0 Å². The number of hydrogen-bond acceptors (Lipinski definition) is 2. The molecule has 2 saturated carbocycles. The van der Waals surface area contributed by atoms with E-state index in [1.165, 1.54) is 83.7 Å². The zero-order valence-corrected chi connectivity index (χ0v) is 13.2. The van der Waals surface area contributed by atoms with Crippen LogP contribution < -0.4 is 0 Å². The zero-order chi connectivity index (χ0) is 13.8. The van der Waals surface area contributed by atoms with Gasteiger partial charge in [0.15, 0.2) is 0 Å². The van der Waals surface area contributed by atoms with Crippen molar-refractivity contribution in [3.8, 4) is 0 Å². The first-order valence-electron chi connectivity index (χ1n) is 9.16. The van der Waals surface area contributed by atoms with Crippen molar-refractivity contribution in [3.63, 3.8) is 0 Å². The Bertz CT molecular complexity index is 282. The SMILES string of the molecule is OC(CC1CCCC1)CN1CCC2(CCCCC2)CC1. The summed E-state index contributed by atoms with van der Waals surface area (Å²) < 4.78 is 0. The topological polar surface area (TPSA) is 23.5 Å². The van der Waals surface area contributed by atoms with E-state index in [1.54, 1.807) is 0 Å². The van der Waals surface area contributed by atoms with Crippen molar-refractivity contribution < 1.29 is 5.11 Å². The lowest BCUT2D eigenvalue weighted by Crippen LogP contribution is -2.44. The molecule has 3 rings (SSSR count). The van der Waals surface area contributed by atoms with Crippen molar-refractivity contribution in [2.45, 2.75) is 83.2 Å². The monoisotopic (exact) mass is 279 g/mol. The van der Waals surface area contributed by atoms with Crippen LogP contribution in [0.15, 0.2) is 0 Å². The molecule has 2 heteroatoms. The molecule has 3 fully saturated rings. The predicted molar refractivity (Wildman–Crippen MR) is 83.8 cm³/mol. The van der Waals surface area contributed by atoms with Gasteiger partial charge in [0, 0.05) is 6.54 Å². The highest BCUT2D eigenvalue weighted by Crippen LogP contribution is 2.44. The summed E-state index contributed by atoms with van der Waals surface area (Å²) in [4.78, 5) is 2.54. The second-order valence-corrected chi connectivity index (χ2v) is 7.90. The lowest BCUT2D eigenvalue weighted by atomic mass is 9.68. The molecule has 2 nitrogen and oxygen atoms in total. The summed E-state index contributed by atoms with van der Waals surface area (Å²) in [5.41, 5.74) is 0.700. The van der Waals surface area contributed by atoms with Crippen LogP contribution in [0.4, 0.5) is 0 Å². The van der Waals surface area contributed by atoms with Crippen LogP contribution in [0, 0.1) is 11.3 Å². The first-order valence-corrected chi connectivity index (χ1v) is 9.16. The van der Waals surface area contributed by atoms with Crippen LogP contribution in [0.2, 0.25) is 0 Å². The van der Waals surface area contributed by atoms with Gasteiger partial charge in [-0.3, -0.25) is 0 Å². The molecule has 1 aliphatic heterocycles. The Hall–Kier alpha value is -0.0800. The summed E-state index contributed by atoms with van der Waals surface area (Å²) in [6.07, 6.45) is 16.6. The summed E-state index contributed by atoms with van der Waals surface area (Å²) >= 11 is 0. The van der Waals surface area contributed by atoms with Crippen LogP contribution in [0.5, 0.6) is 0 Å². The fourth-order valence-electron chi connectivity index (χ4n) is 5.02. The molecule has 2 aliphatic carbocycles. The fraction of sp³-hybridized carbons (Fsp3) is 1.00. The van der Waals surface area contributed by atoms with Gasteiger partial charge in [0.25, 0.3) is 0 Å². The highest BCUT2D eigenvalue weighted by Gasteiger charge is 2.35. The molecular weight excluding hydrogens is 246 g/mol. The van der Waals surface area contributed by atoms with Gasteiger partial charge in [-0.05, 0) is 56.5 Å². The van der Waals surface area contributed by atoms with Crippen molar-refractivity contribution in [2.75, 3.05) is 19.6 Å². The van der Waals surface area contributed by atoms with Crippen molar-refractivity contribution in [3.05, 3.63) is 0 Å². The summed E-state index contributed by atoms with van der Waals surface area (Å²) in [5, 5.41) is 10.3. The number of rotatable bonds is 4. The quantitative estimate of drug-likeness (QED) is 0.841. The molecular formula is C18H33NO. The predicted octanol–water partition coefficient (Wildman–Crippen LogP) is 3.97. The molecule has 0 radical (unpaired) electrons. The van der Waals surface area contributed by atoms with Crippen molar-refractivity contribution in [1.82, 2.24) is 4.90 Å². The van der Waals surface area contributed by atoms with E-state index in [9.17, 15) is 5.11 Å². The van der Waals surface area contributed by atoms with E-state index >= 15 is 0 Å². The second-order valence-electron chi connectivity index (χ2n) is 7.90. The van der Waals surface area contributed by atoms with Crippen LogP contribution in [-0.4, -0.2) is 35.7 Å². The third-order valence-corrected chi connectivity index (χ3v) is 6.38. The Morgan fingerprint density at radius 2 is 1.55 bits per heavy atom. The molecule has 0 aromatic heterocycles. The second kappa shape index (κ2) is 6.79. The molecule has 116 valence electrons. The molecule has 1 atom stereocenters. The molecule has 1 unspecified atom stereocenters. The molecule has 1 N–H and O–H groups in total. The van der Waals surface area contributed by atoms with E-state index in [0.29, 0.717) is 5.41 Å². The van der Waals surface area contributed by atoms with E-state index in [-0.39, 0.29) is 6.10 Å². The Balaban J connectivity index is 1.39. The largest absolute Gasteiger partial charge is 0.392 e. The highest BCUT2D eigenvalue weighted by atomic mass is 16.3. The van der Waals surface area contributed by atoms with Crippen LogP contribution in [0.1, 0.15) is 77.0 Å². The maximum atomic E-state index is 10.3. The number of aliphatic hydroxyl groups is 1. The van der Waals surface area contributed by atoms with Gasteiger partial charge in [-0.2, -0.15) is 0 Å². The van der Waals surface area contributed by atoms with Gasteiger partial charge in [0.1, 0.15) is 0 Å². The summed E-state index contributed by atoms with van der Waals surface area (Å²) in [6, 6.07) is 0. The number of hydrogen-bond donors (Lipinski definition) is 1. The first kappa shape index (κ1) is 14.8. The maximum Gasteiger partial charge on any atom is 0.0669 e. The van der Waals surface area contributed by atoms with E-state index in [2.05, 4.69) is 4.90 Å². The van der Waals surface area contributed by atoms with Gasteiger partial charge >= 0.3 is 0 Å². The lowest BCUT2D eigenvalue weighted by molar-refractivity contribution is 0.0317. The van der Waals surface area contributed by atoms with E-state index in [0.717, 1.165) is 18.9 Å². The van der Waals surface area contributed by atoms with Crippen LogP contribution >= 0.6 is 0 Å². The molecule has 3 aliphatic rings. The molecule has 0 bridgehead atoms. The van der Waals surface area contributed by atoms with E-state index < -0.39 is 0 Å². The molecule has 0 amide bonds. The molecule has 1 spiro atoms. The van der Waals surface area contributed by atoms with Gasteiger partial charge in [0.2, 0.25) is 0 Å². The fourth-order valence-corrected chi connectivity index (χ4v) is 5.02. The van der Waals surface area contributed by atoms with Crippen LogP contribution in [0.3, 0.4) is 0 Å². The Kier molecular flexibility index (Phi) is 5.04. The number of likely N-dealkylation sites (tertiary alicyclic amines) is 1. The Morgan fingerprint density at radius 1 is 0.900 bits per heavy atom. The number of aliphatic hydroxyl groups excluding tert-OH is 1. The van der Waals surface area contributed by atoms with E-state index in [4.69, 9.17) is 0 Å². The number of nitrogens with zero attached hydrogens (tertiary/aromatic N) is 1. The molecule has 1 heterocycles. The van der Waals surface area contributed by atoms with Gasteiger partial charge in [-0.25, -0.2) is 0 Å². The molecule has 1 saturated heterocycles.